The Morgan fingerprint density at radius 3 is 2.67 bits per heavy atom. The summed E-state index contributed by atoms with van der Waals surface area (Å²) >= 11 is 1.49. The van der Waals surface area contributed by atoms with Crippen molar-refractivity contribution >= 4 is 11.3 Å². The van der Waals surface area contributed by atoms with Crippen LogP contribution in [0.5, 0.6) is 0 Å². The zero-order valence-electron chi connectivity index (χ0n) is 9.41. The summed E-state index contributed by atoms with van der Waals surface area (Å²) in [6.07, 6.45) is -3.23. The summed E-state index contributed by atoms with van der Waals surface area (Å²) in [6.45, 7) is -1.47. The van der Waals surface area contributed by atoms with Crippen LogP contribution in [0.2, 0.25) is 0 Å². The molecular formula is C10H14F4N2OS. The van der Waals surface area contributed by atoms with Gasteiger partial charge < -0.3 is 4.74 Å². The summed E-state index contributed by atoms with van der Waals surface area (Å²) < 4.78 is 53.4. The Labute approximate surface area is 106 Å². The van der Waals surface area contributed by atoms with E-state index in [-0.39, 0.29) is 6.61 Å². The van der Waals surface area contributed by atoms with Crippen molar-refractivity contribution in [2.45, 2.75) is 24.8 Å². The molecule has 0 aromatic carbocycles. The van der Waals surface area contributed by atoms with Gasteiger partial charge in [-0.1, -0.05) is 6.07 Å². The van der Waals surface area contributed by atoms with Gasteiger partial charge >= 0.3 is 12.3 Å². The molecule has 0 spiro atoms. The molecule has 0 radical (unpaired) electrons. The maximum absolute atomic E-state index is 12.6. The third-order valence-corrected chi connectivity index (χ3v) is 3.09. The van der Waals surface area contributed by atoms with Gasteiger partial charge in [-0.05, 0) is 11.4 Å². The van der Waals surface area contributed by atoms with E-state index in [2.05, 4.69) is 10.2 Å². The fourth-order valence-electron chi connectivity index (χ4n) is 1.24. The second-order valence-corrected chi connectivity index (χ2v) is 4.76. The Balaban J connectivity index is 2.32. The van der Waals surface area contributed by atoms with Crippen LogP contribution >= 0.6 is 11.3 Å². The molecule has 0 saturated heterocycles. The number of alkyl halides is 4. The minimum Gasteiger partial charge on any atom is -0.373 e. The van der Waals surface area contributed by atoms with Crippen LogP contribution < -0.4 is 11.3 Å². The summed E-state index contributed by atoms with van der Waals surface area (Å²) in [7, 11) is 0. The maximum atomic E-state index is 12.6. The van der Waals surface area contributed by atoms with Crippen molar-refractivity contribution in [2.24, 2.45) is 5.84 Å². The third kappa shape index (κ3) is 4.89. The van der Waals surface area contributed by atoms with Gasteiger partial charge in [-0.2, -0.15) is 8.78 Å². The Bertz CT molecular complexity index is 335. The van der Waals surface area contributed by atoms with Crippen LogP contribution in [0.4, 0.5) is 17.6 Å². The lowest BCUT2D eigenvalue weighted by Gasteiger charge is -2.19. The first-order valence-electron chi connectivity index (χ1n) is 5.18. The first kappa shape index (κ1) is 15.4. The van der Waals surface area contributed by atoms with E-state index >= 15 is 0 Å². The number of nitrogens with two attached hydrogens (primary N) is 1. The largest absolute Gasteiger partial charge is 0.373 e. The molecule has 0 fully saturated rings. The molecule has 0 amide bonds. The molecule has 1 atom stereocenters. The number of halogens is 4. The van der Waals surface area contributed by atoms with Gasteiger partial charge in [-0.15, -0.1) is 11.3 Å². The fraction of sp³-hybridized carbons (Fsp3) is 0.600. The van der Waals surface area contributed by atoms with Crippen LogP contribution in [0.15, 0.2) is 17.5 Å². The minimum absolute atomic E-state index is 0.156. The summed E-state index contributed by atoms with van der Waals surface area (Å²) in [6, 6.07) is 3.32. The molecule has 1 aromatic rings. The number of hydrogen-bond acceptors (Lipinski definition) is 4. The molecule has 8 heteroatoms. The standard InChI is InChI=1S/C10H14F4N2OS/c11-9(12)10(13,14)6-17-5-7(16-15)4-8-2-1-3-18-8/h1-3,7,9,16H,4-6,15H2. The molecule has 104 valence electrons. The Kier molecular flexibility index (Phi) is 6.00. The van der Waals surface area contributed by atoms with Crippen molar-refractivity contribution in [3.63, 3.8) is 0 Å². The van der Waals surface area contributed by atoms with Gasteiger partial charge in [0.25, 0.3) is 0 Å². The highest BCUT2D eigenvalue weighted by molar-refractivity contribution is 7.09. The van der Waals surface area contributed by atoms with E-state index < -0.39 is 25.0 Å². The van der Waals surface area contributed by atoms with E-state index in [1.807, 2.05) is 17.5 Å². The van der Waals surface area contributed by atoms with Gasteiger partial charge in [0, 0.05) is 17.3 Å². The average Bonchev–Trinajstić information content (AvgIpc) is 2.80. The number of thiophene rings is 1. The lowest BCUT2D eigenvalue weighted by Crippen LogP contribution is -2.42. The van der Waals surface area contributed by atoms with Crippen LogP contribution in [-0.4, -0.2) is 31.6 Å². The lowest BCUT2D eigenvalue weighted by atomic mass is 10.2. The van der Waals surface area contributed by atoms with Crippen LogP contribution in [0.3, 0.4) is 0 Å². The Hall–Kier alpha value is -0.700. The first-order valence-corrected chi connectivity index (χ1v) is 6.06. The molecule has 3 nitrogen and oxygen atoms in total. The molecule has 0 aliphatic carbocycles. The number of hydrogen-bond donors (Lipinski definition) is 2. The van der Waals surface area contributed by atoms with Crippen molar-refractivity contribution in [3.8, 4) is 0 Å². The Morgan fingerprint density at radius 2 is 2.17 bits per heavy atom. The molecule has 1 aromatic heterocycles. The van der Waals surface area contributed by atoms with Gasteiger partial charge in [-0.3, -0.25) is 11.3 Å². The van der Waals surface area contributed by atoms with Crippen molar-refractivity contribution in [3.05, 3.63) is 22.4 Å². The molecule has 0 bridgehead atoms. The SMILES string of the molecule is NNC(COCC(F)(F)C(F)F)Cc1cccs1. The summed E-state index contributed by atoms with van der Waals surface area (Å²) in [4.78, 5) is 1.00. The lowest BCUT2D eigenvalue weighted by molar-refractivity contribution is -0.167. The summed E-state index contributed by atoms with van der Waals surface area (Å²) in [5, 5.41) is 1.87. The average molecular weight is 286 g/mol. The van der Waals surface area contributed by atoms with E-state index in [0.717, 1.165) is 4.88 Å². The predicted molar refractivity (Wildman–Crippen MR) is 60.9 cm³/mol. The zero-order chi connectivity index (χ0) is 13.6. The minimum atomic E-state index is -4.12. The van der Waals surface area contributed by atoms with E-state index in [1.54, 1.807) is 0 Å². The first-order chi connectivity index (χ1) is 8.45. The highest BCUT2D eigenvalue weighted by Crippen LogP contribution is 2.23. The van der Waals surface area contributed by atoms with Crippen LogP contribution in [0.1, 0.15) is 4.88 Å². The molecule has 18 heavy (non-hydrogen) atoms. The molecule has 3 N–H and O–H groups in total. The summed E-state index contributed by atoms with van der Waals surface area (Å²) in [5.74, 6) is 1.12. The highest BCUT2D eigenvalue weighted by Gasteiger charge is 2.41. The monoisotopic (exact) mass is 286 g/mol. The van der Waals surface area contributed by atoms with Crippen LogP contribution in [0, 0.1) is 0 Å². The fourth-order valence-corrected chi connectivity index (χ4v) is 2.02. The van der Waals surface area contributed by atoms with Gasteiger partial charge in [-0.25, -0.2) is 8.78 Å². The zero-order valence-corrected chi connectivity index (χ0v) is 10.2. The molecule has 0 aliphatic rings. The predicted octanol–water partition coefficient (Wildman–Crippen LogP) is 2.04. The van der Waals surface area contributed by atoms with Gasteiger partial charge in [0.15, 0.2) is 0 Å². The number of hydrazine groups is 1. The topological polar surface area (TPSA) is 47.3 Å². The van der Waals surface area contributed by atoms with E-state index in [9.17, 15) is 17.6 Å². The van der Waals surface area contributed by atoms with Crippen LogP contribution in [-0.2, 0) is 11.2 Å². The number of nitrogens with one attached hydrogen (secondary N) is 1. The maximum Gasteiger partial charge on any atom is 0.330 e. The second kappa shape index (κ2) is 7.03. The Morgan fingerprint density at radius 1 is 1.44 bits per heavy atom. The second-order valence-electron chi connectivity index (χ2n) is 3.72. The molecule has 0 saturated carbocycles. The van der Waals surface area contributed by atoms with E-state index in [0.29, 0.717) is 6.42 Å². The van der Waals surface area contributed by atoms with Crippen molar-refractivity contribution in [2.75, 3.05) is 13.2 Å². The van der Waals surface area contributed by atoms with Gasteiger partial charge in [0.2, 0.25) is 0 Å². The van der Waals surface area contributed by atoms with Gasteiger partial charge in [0.05, 0.1) is 6.61 Å². The quantitative estimate of drug-likeness (QED) is 0.437. The molecule has 1 rings (SSSR count). The molecule has 1 heterocycles. The molecule has 1 unspecified atom stereocenters. The van der Waals surface area contributed by atoms with E-state index in [1.165, 1.54) is 11.3 Å². The number of ether oxygens (including phenoxy) is 1. The summed E-state index contributed by atoms with van der Waals surface area (Å²) in [5.41, 5.74) is 2.41. The molecule has 0 aliphatic heterocycles. The van der Waals surface area contributed by atoms with Crippen molar-refractivity contribution in [1.82, 2.24) is 5.43 Å². The van der Waals surface area contributed by atoms with Gasteiger partial charge in [0.1, 0.15) is 6.61 Å². The van der Waals surface area contributed by atoms with Crippen molar-refractivity contribution < 1.29 is 22.3 Å². The highest BCUT2D eigenvalue weighted by atomic mass is 32.1. The third-order valence-electron chi connectivity index (χ3n) is 2.20. The van der Waals surface area contributed by atoms with Crippen LogP contribution in [0.25, 0.3) is 0 Å². The smallest absolute Gasteiger partial charge is 0.330 e. The molecular weight excluding hydrogens is 272 g/mol. The van der Waals surface area contributed by atoms with E-state index in [4.69, 9.17) is 5.84 Å². The normalized spacial score (nSPS) is 14.1. The number of rotatable bonds is 8. The van der Waals surface area contributed by atoms with Crippen molar-refractivity contribution in [1.29, 1.82) is 0 Å².